The van der Waals surface area contributed by atoms with Gasteiger partial charge in [-0.25, -0.2) is 0 Å². The Morgan fingerprint density at radius 3 is 2.58 bits per heavy atom. The van der Waals surface area contributed by atoms with E-state index in [1.165, 1.54) is 0 Å². The second-order valence-corrected chi connectivity index (χ2v) is 3.57. The highest BCUT2D eigenvalue weighted by atomic mass is 15.0. The Morgan fingerprint density at radius 1 is 1.67 bits per heavy atom. The van der Waals surface area contributed by atoms with Crippen molar-refractivity contribution in [3.8, 4) is 6.07 Å². The van der Waals surface area contributed by atoms with E-state index in [1.807, 2.05) is 26.8 Å². The van der Waals surface area contributed by atoms with Crippen molar-refractivity contribution in [1.82, 2.24) is 5.32 Å². The SMILES string of the molecule is C=CCCC(C)(C#N)NC(C)C. The molecule has 0 aliphatic carbocycles. The normalized spacial score (nSPS) is 15.2. The molecular formula is C10H18N2. The minimum absolute atomic E-state index is 0.347. The minimum atomic E-state index is -0.400. The molecule has 0 rings (SSSR count). The highest BCUT2D eigenvalue weighted by Gasteiger charge is 2.22. The summed E-state index contributed by atoms with van der Waals surface area (Å²) >= 11 is 0. The third-order valence-corrected chi connectivity index (χ3v) is 1.70. The standard InChI is InChI=1S/C10H18N2/c1-5-6-7-10(4,8-11)12-9(2)3/h5,9,12H,1,6-7H2,2-4H3. The molecule has 68 valence electrons. The highest BCUT2D eigenvalue weighted by Crippen LogP contribution is 2.12. The second kappa shape index (κ2) is 4.95. The molecule has 2 heteroatoms. The molecular weight excluding hydrogens is 148 g/mol. The second-order valence-electron chi connectivity index (χ2n) is 3.57. The number of allylic oxidation sites excluding steroid dienone is 1. The van der Waals surface area contributed by atoms with Crippen molar-refractivity contribution in [1.29, 1.82) is 5.26 Å². The molecule has 12 heavy (non-hydrogen) atoms. The fourth-order valence-corrected chi connectivity index (χ4v) is 1.19. The van der Waals surface area contributed by atoms with Crippen LogP contribution in [-0.2, 0) is 0 Å². The van der Waals surface area contributed by atoms with Crippen molar-refractivity contribution in [2.24, 2.45) is 0 Å². The Hall–Kier alpha value is -0.810. The summed E-state index contributed by atoms with van der Waals surface area (Å²) in [6.45, 7) is 9.66. The smallest absolute Gasteiger partial charge is 0.104 e. The summed E-state index contributed by atoms with van der Waals surface area (Å²) in [5.74, 6) is 0. The van der Waals surface area contributed by atoms with Crippen molar-refractivity contribution >= 4 is 0 Å². The average molecular weight is 166 g/mol. The lowest BCUT2D eigenvalue weighted by molar-refractivity contribution is 0.385. The molecule has 0 heterocycles. The number of hydrogen-bond donors (Lipinski definition) is 1. The molecule has 1 N–H and O–H groups in total. The first-order valence-electron chi connectivity index (χ1n) is 4.34. The molecule has 0 aliphatic heterocycles. The zero-order chi connectivity index (χ0) is 9.61. The van der Waals surface area contributed by atoms with Gasteiger partial charge >= 0.3 is 0 Å². The Morgan fingerprint density at radius 2 is 2.25 bits per heavy atom. The van der Waals surface area contributed by atoms with E-state index in [0.29, 0.717) is 6.04 Å². The van der Waals surface area contributed by atoms with E-state index in [0.717, 1.165) is 12.8 Å². The maximum Gasteiger partial charge on any atom is 0.104 e. The van der Waals surface area contributed by atoms with Crippen molar-refractivity contribution in [3.05, 3.63) is 12.7 Å². The quantitative estimate of drug-likeness (QED) is 0.636. The van der Waals surface area contributed by atoms with Crippen LogP contribution in [-0.4, -0.2) is 11.6 Å². The fraction of sp³-hybridized carbons (Fsp3) is 0.700. The molecule has 0 spiro atoms. The average Bonchev–Trinajstić information content (AvgIpc) is 2.00. The van der Waals surface area contributed by atoms with E-state index in [-0.39, 0.29) is 0 Å². The maximum absolute atomic E-state index is 8.91. The Balaban J connectivity index is 4.06. The van der Waals surface area contributed by atoms with Gasteiger partial charge in [-0.3, -0.25) is 5.32 Å². The summed E-state index contributed by atoms with van der Waals surface area (Å²) < 4.78 is 0. The van der Waals surface area contributed by atoms with Gasteiger partial charge in [-0.05, 0) is 33.6 Å². The van der Waals surface area contributed by atoms with Crippen molar-refractivity contribution in [2.75, 3.05) is 0 Å². The van der Waals surface area contributed by atoms with Crippen LogP contribution < -0.4 is 5.32 Å². The summed E-state index contributed by atoms with van der Waals surface area (Å²) in [4.78, 5) is 0. The molecule has 0 radical (unpaired) electrons. The third kappa shape index (κ3) is 4.15. The van der Waals surface area contributed by atoms with Gasteiger partial charge in [0.25, 0.3) is 0 Å². The van der Waals surface area contributed by atoms with Crippen molar-refractivity contribution < 1.29 is 0 Å². The number of nitrogens with one attached hydrogen (secondary N) is 1. The van der Waals surface area contributed by atoms with Crippen LogP contribution in [0.1, 0.15) is 33.6 Å². The fourth-order valence-electron chi connectivity index (χ4n) is 1.19. The van der Waals surface area contributed by atoms with Crippen molar-refractivity contribution in [2.45, 2.75) is 45.2 Å². The predicted molar refractivity (Wildman–Crippen MR) is 51.7 cm³/mol. The number of hydrogen-bond acceptors (Lipinski definition) is 2. The molecule has 0 aromatic carbocycles. The van der Waals surface area contributed by atoms with Crippen LogP contribution in [0.25, 0.3) is 0 Å². The largest absolute Gasteiger partial charge is 0.297 e. The van der Waals surface area contributed by atoms with Gasteiger partial charge in [0.2, 0.25) is 0 Å². The topological polar surface area (TPSA) is 35.8 Å². The van der Waals surface area contributed by atoms with E-state index in [9.17, 15) is 0 Å². The van der Waals surface area contributed by atoms with Crippen LogP contribution >= 0.6 is 0 Å². The van der Waals surface area contributed by atoms with Crippen LogP contribution in [0.15, 0.2) is 12.7 Å². The zero-order valence-electron chi connectivity index (χ0n) is 8.22. The van der Waals surface area contributed by atoms with Crippen LogP contribution in [0.3, 0.4) is 0 Å². The van der Waals surface area contributed by atoms with Gasteiger partial charge < -0.3 is 0 Å². The van der Waals surface area contributed by atoms with Crippen LogP contribution in [0, 0.1) is 11.3 Å². The van der Waals surface area contributed by atoms with Crippen LogP contribution in [0.2, 0.25) is 0 Å². The summed E-state index contributed by atoms with van der Waals surface area (Å²) in [6, 6.07) is 2.63. The number of nitrogens with zero attached hydrogens (tertiary/aromatic N) is 1. The first-order valence-corrected chi connectivity index (χ1v) is 4.34. The molecule has 0 aromatic rings. The number of nitriles is 1. The maximum atomic E-state index is 8.91. The van der Waals surface area contributed by atoms with Gasteiger partial charge in [0.1, 0.15) is 5.54 Å². The first-order chi connectivity index (χ1) is 5.54. The van der Waals surface area contributed by atoms with E-state index in [4.69, 9.17) is 5.26 Å². The molecule has 0 aliphatic rings. The summed E-state index contributed by atoms with van der Waals surface area (Å²) in [7, 11) is 0. The van der Waals surface area contributed by atoms with Gasteiger partial charge in [0.15, 0.2) is 0 Å². The summed E-state index contributed by atoms with van der Waals surface area (Å²) in [6.07, 6.45) is 3.55. The van der Waals surface area contributed by atoms with Gasteiger partial charge in [0.05, 0.1) is 6.07 Å². The molecule has 0 aromatic heterocycles. The van der Waals surface area contributed by atoms with E-state index >= 15 is 0 Å². The van der Waals surface area contributed by atoms with Gasteiger partial charge in [-0.2, -0.15) is 5.26 Å². The lowest BCUT2D eigenvalue weighted by Gasteiger charge is -2.25. The van der Waals surface area contributed by atoms with E-state index in [1.54, 1.807) is 0 Å². The predicted octanol–water partition coefficient (Wildman–Crippen LogP) is 2.23. The van der Waals surface area contributed by atoms with Crippen molar-refractivity contribution in [3.63, 3.8) is 0 Å². The van der Waals surface area contributed by atoms with Gasteiger partial charge in [-0.1, -0.05) is 6.08 Å². The Bertz CT molecular complexity index is 179. The number of rotatable bonds is 5. The molecule has 0 amide bonds. The summed E-state index contributed by atoms with van der Waals surface area (Å²) in [5, 5.41) is 12.1. The van der Waals surface area contributed by atoms with E-state index < -0.39 is 5.54 Å². The third-order valence-electron chi connectivity index (χ3n) is 1.70. The lowest BCUT2D eigenvalue weighted by Crippen LogP contribution is -2.44. The monoisotopic (exact) mass is 166 g/mol. The molecule has 0 saturated carbocycles. The van der Waals surface area contributed by atoms with E-state index in [2.05, 4.69) is 18.0 Å². The van der Waals surface area contributed by atoms with Crippen LogP contribution in [0.5, 0.6) is 0 Å². The molecule has 0 saturated heterocycles. The minimum Gasteiger partial charge on any atom is -0.297 e. The van der Waals surface area contributed by atoms with Crippen LogP contribution in [0.4, 0.5) is 0 Å². The van der Waals surface area contributed by atoms with Gasteiger partial charge in [-0.15, -0.1) is 6.58 Å². The summed E-state index contributed by atoms with van der Waals surface area (Å²) in [5.41, 5.74) is -0.400. The molecule has 0 fully saturated rings. The molecule has 1 atom stereocenters. The molecule has 0 bridgehead atoms. The first kappa shape index (κ1) is 11.2. The van der Waals surface area contributed by atoms with Gasteiger partial charge in [0, 0.05) is 6.04 Å². The Labute approximate surface area is 75.3 Å². The highest BCUT2D eigenvalue weighted by molar-refractivity contribution is 5.05. The Kier molecular flexibility index (Phi) is 4.61. The molecule has 2 nitrogen and oxygen atoms in total. The molecule has 1 unspecified atom stereocenters. The lowest BCUT2D eigenvalue weighted by atomic mass is 9.97. The zero-order valence-corrected chi connectivity index (χ0v) is 8.22.